The van der Waals surface area contributed by atoms with Gasteiger partial charge in [-0.25, -0.2) is 0 Å². The molecule has 1 aromatic carbocycles. The molecule has 1 aliphatic rings. The molecule has 82 valence electrons. The van der Waals surface area contributed by atoms with Crippen molar-refractivity contribution in [2.24, 2.45) is 0 Å². The maximum absolute atomic E-state index is 5.95. The van der Waals surface area contributed by atoms with E-state index in [-0.39, 0.29) is 0 Å². The Balaban J connectivity index is 2.25. The van der Waals surface area contributed by atoms with Crippen LogP contribution in [-0.2, 0) is 0 Å². The maximum Gasteiger partial charge on any atom is 0.0389 e. The minimum Gasteiger partial charge on any atom is -0.398 e. The zero-order chi connectivity index (χ0) is 10.8. The van der Waals surface area contributed by atoms with Crippen LogP contribution in [0.3, 0.4) is 0 Å². The van der Waals surface area contributed by atoms with Crippen LogP contribution in [0.25, 0.3) is 0 Å². The highest BCUT2D eigenvalue weighted by Crippen LogP contribution is 2.29. The quantitative estimate of drug-likeness (QED) is 0.750. The summed E-state index contributed by atoms with van der Waals surface area (Å²) in [4.78, 5) is 2.50. The first-order valence-corrected chi connectivity index (χ1v) is 5.85. The van der Waals surface area contributed by atoms with Crippen LogP contribution in [0.4, 0.5) is 11.4 Å². The Hall–Kier alpha value is -1.18. The second-order valence-corrected chi connectivity index (χ2v) is 4.44. The van der Waals surface area contributed by atoms with Crippen molar-refractivity contribution in [3.63, 3.8) is 0 Å². The molecule has 0 saturated carbocycles. The Labute approximate surface area is 92.1 Å². The fourth-order valence-electron chi connectivity index (χ4n) is 2.41. The third-order valence-corrected chi connectivity index (χ3v) is 3.44. The first kappa shape index (κ1) is 10.3. The molecule has 1 heterocycles. The van der Waals surface area contributed by atoms with E-state index in [1.54, 1.807) is 0 Å². The van der Waals surface area contributed by atoms with E-state index in [2.05, 4.69) is 36.9 Å². The van der Waals surface area contributed by atoms with Gasteiger partial charge in [0.2, 0.25) is 0 Å². The smallest absolute Gasteiger partial charge is 0.0389 e. The molecule has 1 saturated heterocycles. The highest BCUT2D eigenvalue weighted by Gasteiger charge is 2.22. The summed E-state index contributed by atoms with van der Waals surface area (Å²) in [5.41, 5.74) is 9.33. The van der Waals surface area contributed by atoms with E-state index in [9.17, 15) is 0 Å². The van der Waals surface area contributed by atoms with Crippen LogP contribution in [0.15, 0.2) is 18.2 Å². The van der Waals surface area contributed by atoms with E-state index in [0.29, 0.717) is 6.04 Å². The Kier molecular flexibility index (Phi) is 2.85. The van der Waals surface area contributed by atoms with Crippen molar-refractivity contribution < 1.29 is 0 Å². The predicted octanol–water partition coefficient (Wildman–Crippen LogP) is 2.96. The fraction of sp³-hybridized carbons (Fsp3) is 0.538. The number of benzene rings is 1. The van der Waals surface area contributed by atoms with E-state index in [1.165, 1.54) is 37.1 Å². The van der Waals surface area contributed by atoms with Crippen LogP contribution in [0.2, 0.25) is 0 Å². The maximum atomic E-state index is 5.95. The van der Waals surface area contributed by atoms with Crippen LogP contribution in [0.1, 0.15) is 31.7 Å². The largest absolute Gasteiger partial charge is 0.398 e. The van der Waals surface area contributed by atoms with Crippen molar-refractivity contribution in [1.82, 2.24) is 0 Å². The molecule has 1 aliphatic heterocycles. The van der Waals surface area contributed by atoms with E-state index in [1.807, 2.05) is 0 Å². The lowest BCUT2D eigenvalue weighted by atomic mass is 10.1. The topological polar surface area (TPSA) is 29.3 Å². The van der Waals surface area contributed by atoms with Gasteiger partial charge in [-0.05, 0) is 43.9 Å². The van der Waals surface area contributed by atoms with Crippen LogP contribution in [-0.4, -0.2) is 12.6 Å². The van der Waals surface area contributed by atoms with Crippen LogP contribution in [0.5, 0.6) is 0 Å². The molecule has 1 aromatic rings. The van der Waals surface area contributed by atoms with Gasteiger partial charge in [0.05, 0.1) is 0 Å². The molecule has 1 fully saturated rings. The van der Waals surface area contributed by atoms with Gasteiger partial charge in [-0.1, -0.05) is 13.0 Å². The molecule has 0 bridgehead atoms. The molecule has 2 N–H and O–H groups in total. The van der Waals surface area contributed by atoms with Gasteiger partial charge in [0.15, 0.2) is 0 Å². The lowest BCUT2D eigenvalue weighted by molar-refractivity contribution is 0.645. The number of anilines is 2. The monoisotopic (exact) mass is 204 g/mol. The van der Waals surface area contributed by atoms with Gasteiger partial charge in [0.1, 0.15) is 0 Å². The number of aryl methyl sites for hydroxylation is 1. The highest BCUT2D eigenvalue weighted by molar-refractivity contribution is 5.60. The molecule has 1 atom stereocenters. The summed E-state index contributed by atoms with van der Waals surface area (Å²) < 4.78 is 0. The van der Waals surface area contributed by atoms with E-state index < -0.39 is 0 Å². The number of nitrogen functional groups attached to an aromatic ring is 1. The molecule has 0 radical (unpaired) electrons. The minimum atomic E-state index is 0.715. The molecule has 1 unspecified atom stereocenters. The molecule has 0 aliphatic carbocycles. The lowest BCUT2D eigenvalue weighted by Gasteiger charge is -2.26. The molecule has 2 nitrogen and oxygen atoms in total. The zero-order valence-corrected chi connectivity index (χ0v) is 9.66. The summed E-state index contributed by atoms with van der Waals surface area (Å²) in [5, 5.41) is 0. The van der Waals surface area contributed by atoms with Crippen molar-refractivity contribution >= 4 is 11.4 Å². The number of hydrogen-bond acceptors (Lipinski definition) is 2. The fourth-order valence-corrected chi connectivity index (χ4v) is 2.41. The van der Waals surface area contributed by atoms with E-state index >= 15 is 0 Å². The van der Waals surface area contributed by atoms with Crippen LogP contribution in [0, 0.1) is 6.92 Å². The Bertz CT molecular complexity index is 346. The van der Waals surface area contributed by atoms with Crippen molar-refractivity contribution in [1.29, 1.82) is 0 Å². The SMILES string of the molecule is CCC1CCCN1c1ccc(C)c(N)c1. The summed E-state index contributed by atoms with van der Waals surface area (Å²) >= 11 is 0. The molecule has 2 heteroatoms. The molecule has 0 aromatic heterocycles. The number of hydrogen-bond donors (Lipinski definition) is 1. The van der Waals surface area contributed by atoms with Crippen molar-refractivity contribution in [3.05, 3.63) is 23.8 Å². The summed E-state index contributed by atoms with van der Waals surface area (Å²) in [6.45, 7) is 5.50. The van der Waals surface area contributed by atoms with Crippen LogP contribution >= 0.6 is 0 Å². The summed E-state index contributed by atoms with van der Waals surface area (Å²) in [5.74, 6) is 0. The highest BCUT2D eigenvalue weighted by atomic mass is 15.2. The zero-order valence-electron chi connectivity index (χ0n) is 9.66. The van der Waals surface area contributed by atoms with Crippen molar-refractivity contribution in [2.45, 2.75) is 39.2 Å². The van der Waals surface area contributed by atoms with E-state index in [4.69, 9.17) is 5.73 Å². The summed E-state index contributed by atoms with van der Waals surface area (Å²) in [6.07, 6.45) is 3.87. The molecule has 0 spiro atoms. The average Bonchev–Trinajstić information content (AvgIpc) is 2.70. The van der Waals surface area contributed by atoms with E-state index in [0.717, 1.165) is 5.69 Å². The Morgan fingerprint density at radius 2 is 2.27 bits per heavy atom. The normalized spacial score (nSPS) is 20.9. The molecule has 2 rings (SSSR count). The van der Waals surface area contributed by atoms with Gasteiger partial charge in [-0.3, -0.25) is 0 Å². The lowest BCUT2D eigenvalue weighted by Crippen LogP contribution is -2.28. The molecular formula is C13H20N2. The van der Waals surface area contributed by atoms with Gasteiger partial charge < -0.3 is 10.6 Å². The molecule has 0 amide bonds. The summed E-state index contributed by atoms with van der Waals surface area (Å²) in [7, 11) is 0. The third kappa shape index (κ3) is 1.94. The van der Waals surface area contributed by atoms with Crippen molar-refractivity contribution in [2.75, 3.05) is 17.2 Å². The number of rotatable bonds is 2. The second kappa shape index (κ2) is 4.13. The molecule has 15 heavy (non-hydrogen) atoms. The van der Waals surface area contributed by atoms with Gasteiger partial charge in [-0.15, -0.1) is 0 Å². The second-order valence-electron chi connectivity index (χ2n) is 4.44. The van der Waals surface area contributed by atoms with Gasteiger partial charge in [0.25, 0.3) is 0 Å². The Morgan fingerprint density at radius 1 is 1.47 bits per heavy atom. The van der Waals surface area contributed by atoms with Gasteiger partial charge in [-0.2, -0.15) is 0 Å². The minimum absolute atomic E-state index is 0.715. The standard InChI is InChI=1S/C13H20N2/c1-3-11-5-4-8-15(11)12-7-6-10(2)13(14)9-12/h6-7,9,11H,3-5,8,14H2,1-2H3. The van der Waals surface area contributed by atoms with Gasteiger partial charge in [0, 0.05) is 24.0 Å². The average molecular weight is 204 g/mol. The predicted molar refractivity (Wildman–Crippen MR) is 66.3 cm³/mol. The first-order valence-electron chi connectivity index (χ1n) is 5.85. The van der Waals surface area contributed by atoms with Gasteiger partial charge >= 0.3 is 0 Å². The number of nitrogens with zero attached hydrogens (tertiary/aromatic N) is 1. The molecular weight excluding hydrogens is 184 g/mol. The summed E-state index contributed by atoms with van der Waals surface area (Å²) in [6, 6.07) is 7.14. The Morgan fingerprint density at radius 3 is 2.93 bits per heavy atom. The van der Waals surface area contributed by atoms with Crippen molar-refractivity contribution in [3.8, 4) is 0 Å². The van der Waals surface area contributed by atoms with Crippen LogP contribution < -0.4 is 10.6 Å². The number of nitrogens with two attached hydrogens (primary N) is 1. The third-order valence-electron chi connectivity index (χ3n) is 3.44. The first-order chi connectivity index (χ1) is 7.22.